The molecule has 1 aromatic carbocycles. The maximum absolute atomic E-state index is 11.7. The van der Waals surface area contributed by atoms with Gasteiger partial charge in [0.25, 0.3) is 0 Å². The van der Waals surface area contributed by atoms with E-state index < -0.39 is 5.91 Å². The number of nitrogens with one attached hydrogen (secondary N) is 2. The van der Waals surface area contributed by atoms with Crippen molar-refractivity contribution < 1.29 is 9.32 Å². The van der Waals surface area contributed by atoms with E-state index in [2.05, 4.69) is 42.8 Å². The molecule has 4 heterocycles. The van der Waals surface area contributed by atoms with E-state index >= 15 is 0 Å². The lowest BCUT2D eigenvalue weighted by molar-refractivity contribution is 0.100. The minimum Gasteiger partial charge on any atom is -0.366 e. The molecule has 0 radical (unpaired) electrons. The number of anilines is 2. The second-order valence-electron chi connectivity index (χ2n) is 11.2. The van der Waals surface area contributed by atoms with Crippen molar-refractivity contribution >= 4 is 17.5 Å². The lowest BCUT2D eigenvalue weighted by Crippen LogP contribution is -2.55. The highest BCUT2D eigenvalue weighted by Gasteiger charge is 2.30. The Balaban J connectivity index is 1.10. The average molecular weight is 567 g/mol. The Morgan fingerprint density at radius 1 is 1.00 bits per heavy atom. The van der Waals surface area contributed by atoms with Crippen LogP contribution in [-0.2, 0) is 6.42 Å². The molecule has 218 valence electrons. The number of aromatic nitrogens is 4. The second kappa shape index (κ2) is 12.7. The third kappa shape index (κ3) is 6.44. The van der Waals surface area contributed by atoms with Crippen LogP contribution in [0.5, 0.6) is 0 Å². The van der Waals surface area contributed by atoms with Crippen molar-refractivity contribution in [2.45, 2.75) is 70.0 Å². The van der Waals surface area contributed by atoms with Gasteiger partial charge in [0.05, 0.1) is 0 Å². The predicted molar refractivity (Wildman–Crippen MR) is 163 cm³/mol. The van der Waals surface area contributed by atoms with Crippen LogP contribution in [0.4, 0.5) is 11.6 Å². The largest absolute Gasteiger partial charge is 0.366 e. The third-order valence-electron chi connectivity index (χ3n) is 8.31. The van der Waals surface area contributed by atoms with Crippen molar-refractivity contribution in [1.82, 2.24) is 25.4 Å². The van der Waals surface area contributed by atoms with Crippen LogP contribution in [0.3, 0.4) is 0 Å². The SMILES string of the molecule is CCc1nc(-c2ccc(N3CCCC(NC4CCCCC4Nc4cc(-c5cccc(C(N)=O)c5)ccn4)C3)nc2)no1. The minimum atomic E-state index is -0.427. The molecule has 6 rings (SSSR count). The summed E-state index contributed by atoms with van der Waals surface area (Å²) in [5.74, 6) is 2.61. The molecule has 1 amide bonds. The smallest absolute Gasteiger partial charge is 0.248 e. The fourth-order valence-electron chi connectivity index (χ4n) is 6.08. The lowest BCUT2D eigenvalue weighted by Gasteiger charge is -2.40. The van der Waals surface area contributed by atoms with Gasteiger partial charge in [-0.25, -0.2) is 9.97 Å². The molecule has 2 fully saturated rings. The molecule has 1 saturated heterocycles. The summed E-state index contributed by atoms with van der Waals surface area (Å²) >= 11 is 0. The summed E-state index contributed by atoms with van der Waals surface area (Å²) in [7, 11) is 0. The Morgan fingerprint density at radius 3 is 2.64 bits per heavy atom. The molecule has 42 heavy (non-hydrogen) atoms. The van der Waals surface area contributed by atoms with Crippen LogP contribution >= 0.6 is 0 Å². The van der Waals surface area contributed by atoms with Crippen molar-refractivity contribution in [3.8, 4) is 22.5 Å². The van der Waals surface area contributed by atoms with Gasteiger partial charge in [-0.1, -0.05) is 37.1 Å². The van der Waals surface area contributed by atoms with Crippen LogP contribution in [0, 0.1) is 0 Å². The highest BCUT2D eigenvalue weighted by molar-refractivity contribution is 5.94. The van der Waals surface area contributed by atoms with Crippen LogP contribution in [-0.4, -0.2) is 57.2 Å². The molecule has 4 N–H and O–H groups in total. The molecule has 3 atom stereocenters. The Morgan fingerprint density at radius 2 is 1.86 bits per heavy atom. The average Bonchev–Trinajstić information content (AvgIpc) is 3.52. The molecule has 10 nitrogen and oxygen atoms in total. The zero-order valence-corrected chi connectivity index (χ0v) is 24.0. The number of aryl methyl sites for hydroxylation is 1. The first-order valence-electron chi connectivity index (χ1n) is 15.0. The first-order valence-corrected chi connectivity index (χ1v) is 15.0. The number of hydrogen-bond acceptors (Lipinski definition) is 9. The predicted octanol–water partition coefficient (Wildman–Crippen LogP) is 4.84. The summed E-state index contributed by atoms with van der Waals surface area (Å²) in [4.78, 5) is 27.8. The van der Waals surface area contributed by atoms with E-state index in [0.29, 0.717) is 35.8 Å². The molecule has 1 saturated carbocycles. The normalized spacial score (nSPS) is 20.8. The Labute approximate surface area is 246 Å². The van der Waals surface area contributed by atoms with Crippen LogP contribution in [0.2, 0.25) is 0 Å². The van der Waals surface area contributed by atoms with Gasteiger partial charge in [0.15, 0.2) is 0 Å². The topological polar surface area (TPSA) is 135 Å². The number of rotatable bonds is 9. The number of carbonyl (C=O) groups is 1. The van der Waals surface area contributed by atoms with Crippen molar-refractivity contribution in [2.75, 3.05) is 23.3 Å². The van der Waals surface area contributed by atoms with Gasteiger partial charge in [0, 0.05) is 61.2 Å². The van der Waals surface area contributed by atoms with E-state index in [0.717, 1.165) is 67.1 Å². The van der Waals surface area contributed by atoms with E-state index in [-0.39, 0.29) is 6.04 Å². The monoisotopic (exact) mass is 566 g/mol. The van der Waals surface area contributed by atoms with Crippen molar-refractivity contribution in [1.29, 1.82) is 0 Å². The molecular formula is C32H38N8O2. The maximum atomic E-state index is 11.7. The first kappa shape index (κ1) is 27.8. The van der Waals surface area contributed by atoms with Crippen molar-refractivity contribution in [3.05, 3.63) is 72.4 Å². The van der Waals surface area contributed by atoms with Crippen LogP contribution in [0.15, 0.2) is 65.4 Å². The summed E-state index contributed by atoms with van der Waals surface area (Å²) in [5, 5.41) is 11.8. The maximum Gasteiger partial charge on any atom is 0.248 e. The number of carbonyl (C=O) groups excluding carboxylic acids is 1. The summed E-state index contributed by atoms with van der Waals surface area (Å²) in [6.07, 6.45) is 11.3. The molecule has 0 spiro atoms. The standard InChI is InChI=1S/C32H38N8O2/c1-2-30-38-32(39-42-30)24-12-13-29(35-19-24)40-16-6-9-25(20-40)36-26-10-3-4-11-27(26)37-28-18-22(14-15-34-28)21-7-5-8-23(17-21)31(33)41/h5,7-8,12-15,17-19,25-27,36H,2-4,6,9-11,16,20H2,1H3,(H2,33,41)(H,34,37). The van der Waals surface area contributed by atoms with E-state index in [1.807, 2.05) is 49.6 Å². The highest BCUT2D eigenvalue weighted by atomic mass is 16.5. The van der Waals surface area contributed by atoms with Crippen molar-refractivity contribution in [2.24, 2.45) is 5.73 Å². The quantitative estimate of drug-likeness (QED) is 0.260. The summed E-state index contributed by atoms with van der Waals surface area (Å²) < 4.78 is 5.25. The van der Waals surface area contributed by atoms with Gasteiger partial charge in [0.2, 0.25) is 17.6 Å². The number of hydrogen-bond donors (Lipinski definition) is 3. The zero-order chi connectivity index (χ0) is 28.9. The number of nitrogens with two attached hydrogens (primary N) is 1. The van der Waals surface area contributed by atoms with E-state index in [4.69, 9.17) is 15.2 Å². The second-order valence-corrected chi connectivity index (χ2v) is 11.2. The van der Waals surface area contributed by atoms with Crippen LogP contribution < -0.4 is 21.3 Å². The van der Waals surface area contributed by atoms with Gasteiger partial charge >= 0.3 is 0 Å². The van der Waals surface area contributed by atoms with Gasteiger partial charge in [0.1, 0.15) is 11.6 Å². The molecule has 2 aliphatic rings. The van der Waals surface area contributed by atoms with Crippen molar-refractivity contribution in [3.63, 3.8) is 0 Å². The van der Waals surface area contributed by atoms with Gasteiger partial charge in [-0.15, -0.1) is 0 Å². The van der Waals surface area contributed by atoms with Gasteiger partial charge in [-0.05, 0) is 73.2 Å². The highest BCUT2D eigenvalue weighted by Crippen LogP contribution is 2.27. The summed E-state index contributed by atoms with van der Waals surface area (Å²) in [6, 6.07) is 16.5. The van der Waals surface area contributed by atoms with E-state index in [1.54, 1.807) is 6.07 Å². The minimum absolute atomic E-state index is 0.286. The summed E-state index contributed by atoms with van der Waals surface area (Å²) in [6.45, 7) is 3.91. The lowest BCUT2D eigenvalue weighted by atomic mass is 9.89. The van der Waals surface area contributed by atoms with E-state index in [1.165, 1.54) is 12.8 Å². The fraction of sp³-hybridized carbons (Fsp3) is 0.406. The number of amides is 1. The third-order valence-corrected chi connectivity index (χ3v) is 8.31. The van der Waals surface area contributed by atoms with Crippen LogP contribution in [0.25, 0.3) is 22.5 Å². The molecule has 0 bridgehead atoms. The molecule has 10 heteroatoms. The molecular weight excluding hydrogens is 528 g/mol. The Hall–Kier alpha value is -4.31. The molecule has 4 aromatic rings. The molecule has 1 aliphatic carbocycles. The Bertz CT molecular complexity index is 1500. The van der Waals surface area contributed by atoms with Crippen LogP contribution in [0.1, 0.15) is 61.7 Å². The van der Waals surface area contributed by atoms with Gasteiger partial charge < -0.3 is 25.8 Å². The number of nitrogens with zero attached hydrogens (tertiary/aromatic N) is 5. The number of pyridine rings is 2. The van der Waals surface area contributed by atoms with Gasteiger partial charge in [-0.2, -0.15) is 4.98 Å². The summed E-state index contributed by atoms with van der Waals surface area (Å²) in [5.41, 5.74) is 8.81. The number of piperidine rings is 1. The van der Waals surface area contributed by atoms with E-state index in [9.17, 15) is 4.79 Å². The first-order chi connectivity index (χ1) is 20.6. The fourth-order valence-corrected chi connectivity index (χ4v) is 6.08. The number of primary amides is 1. The Kier molecular flexibility index (Phi) is 8.41. The van der Waals surface area contributed by atoms with Gasteiger partial charge in [-0.3, -0.25) is 4.79 Å². The zero-order valence-electron chi connectivity index (χ0n) is 24.0. The number of benzene rings is 1. The molecule has 3 aromatic heterocycles. The molecule has 3 unspecified atom stereocenters. The molecule has 1 aliphatic heterocycles.